The number of alkyl halides is 1. The minimum Gasteiger partial charge on any atom is -0.378 e. The predicted octanol–water partition coefficient (Wildman–Crippen LogP) is 3.05. The van der Waals surface area contributed by atoms with Crippen molar-refractivity contribution in [2.45, 2.75) is 19.1 Å². The van der Waals surface area contributed by atoms with Gasteiger partial charge < -0.3 is 14.0 Å². The van der Waals surface area contributed by atoms with Crippen LogP contribution in [0, 0.1) is 0 Å². The molecule has 0 spiro atoms. The zero-order chi connectivity index (χ0) is 15.0. The molecule has 114 valence electrons. The average Bonchev–Trinajstić information content (AvgIpc) is 2.48. The van der Waals surface area contributed by atoms with Crippen molar-refractivity contribution in [3.8, 4) is 0 Å². The molecule has 0 aromatic heterocycles. The Labute approximate surface area is 129 Å². The molecule has 0 aliphatic carbocycles. The van der Waals surface area contributed by atoms with Gasteiger partial charge in [-0.1, -0.05) is 34.1 Å². The summed E-state index contributed by atoms with van der Waals surface area (Å²) in [5.41, 5.74) is 0. The summed E-state index contributed by atoms with van der Waals surface area (Å²) in [6, 6.07) is 9.28. The molecule has 0 heterocycles. The maximum absolute atomic E-state index is 13.1. The van der Waals surface area contributed by atoms with Crippen molar-refractivity contribution in [1.82, 2.24) is 0 Å². The highest BCUT2D eigenvalue weighted by Crippen LogP contribution is 2.47. The lowest BCUT2D eigenvalue weighted by molar-refractivity contribution is -0.0119. The van der Waals surface area contributed by atoms with Crippen molar-refractivity contribution in [3.63, 3.8) is 0 Å². The van der Waals surface area contributed by atoms with Gasteiger partial charge in [0.05, 0.1) is 25.0 Å². The molecule has 0 radical (unpaired) electrons. The summed E-state index contributed by atoms with van der Waals surface area (Å²) in [6.45, 7) is 2.24. The van der Waals surface area contributed by atoms with E-state index < -0.39 is 7.37 Å². The van der Waals surface area contributed by atoms with Gasteiger partial charge in [0.25, 0.3) is 0 Å². The molecule has 0 saturated heterocycles. The molecule has 0 aliphatic rings. The molecule has 0 bridgehead atoms. The fourth-order valence-electron chi connectivity index (χ4n) is 1.99. The highest BCUT2D eigenvalue weighted by Gasteiger charge is 2.33. The molecule has 6 heteroatoms. The maximum atomic E-state index is 13.1. The maximum Gasteiger partial charge on any atom is 0.234 e. The van der Waals surface area contributed by atoms with E-state index in [0.717, 1.165) is 0 Å². The third-order valence-corrected chi connectivity index (χ3v) is 6.32. The van der Waals surface area contributed by atoms with Crippen LogP contribution in [0.15, 0.2) is 30.3 Å². The van der Waals surface area contributed by atoms with E-state index in [1.807, 2.05) is 37.3 Å². The van der Waals surface area contributed by atoms with Crippen LogP contribution in [-0.2, 0) is 18.6 Å². The van der Waals surface area contributed by atoms with E-state index in [1.54, 1.807) is 14.2 Å². The van der Waals surface area contributed by atoms with Crippen LogP contribution in [0.4, 0.5) is 0 Å². The Bertz CT molecular complexity index is 422. The van der Waals surface area contributed by atoms with Crippen molar-refractivity contribution in [2.75, 3.05) is 32.3 Å². The van der Waals surface area contributed by atoms with E-state index in [1.165, 1.54) is 0 Å². The van der Waals surface area contributed by atoms with Crippen molar-refractivity contribution < 1.29 is 18.6 Å². The van der Waals surface area contributed by atoms with Gasteiger partial charge >= 0.3 is 0 Å². The smallest absolute Gasteiger partial charge is 0.234 e. The van der Waals surface area contributed by atoms with E-state index in [4.69, 9.17) is 14.0 Å². The number of hydrogen-bond acceptors (Lipinski definition) is 4. The topological polar surface area (TPSA) is 44.8 Å². The second-order valence-electron chi connectivity index (χ2n) is 4.31. The van der Waals surface area contributed by atoms with E-state index in [2.05, 4.69) is 15.9 Å². The Morgan fingerprint density at radius 3 is 2.20 bits per heavy atom. The molecule has 1 rings (SSSR count). The molecule has 1 unspecified atom stereocenters. The summed E-state index contributed by atoms with van der Waals surface area (Å²) in [4.78, 5) is 0. The molecule has 3 atom stereocenters. The molecule has 0 amide bonds. The minimum atomic E-state index is -2.95. The van der Waals surface area contributed by atoms with Crippen LogP contribution in [0.5, 0.6) is 0 Å². The third kappa shape index (κ3) is 4.68. The first-order valence-corrected chi connectivity index (χ1v) is 9.45. The lowest BCUT2D eigenvalue weighted by atomic mass is 10.2. The standard InChI is InChI=1S/C14H22BrO4P/c1-4-19-20(16,12-8-6-5-7-9-12)11-14(18-3)13(10-15)17-2/h5-9,13-14H,4,10-11H2,1-3H3/t13-,14-,20?/m1/s1. The molecule has 0 aliphatic heterocycles. The number of benzene rings is 1. The van der Waals surface area contributed by atoms with E-state index in [-0.39, 0.29) is 12.2 Å². The van der Waals surface area contributed by atoms with E-state index >= 15 is 0 Å². The zero-order valence-electron chi connectivity index (χ0n) is 12.1. The van der Waals surface area contributed by atoms with Crippen molar-refractivity contribution in [2.24, 2.45) is 0 Å². The van der Waals surface area contributed by atoms with Gasteiger partial charge in [0, 0.05) is 24.9 Å². The molecular weight excluding hydrogens is 343 g/mol. The highest BCUT2D eigenvalue weighted by atomic mass is 79.9. The lowest BCUT2D eigenvalue weighted by Crippen LogP contribution is -2.35. The minimum absolute atomic E-state index is 0.169. The van der Waals surface area contributed by atoms with Gasteiger partial charge in [-0.25, -0.2) is 0 Å². The Morgan fingerprint density at radius 1 is 1.15 bits per heavy atom. The second-order valence-corrected chi connectivity index (χ2v) is 7.45. The van der Waals surface area contributed by atoms with Crippen LogP contribution in [-0.4, -0.2) is 44.5 Å². The Hall–Kier alpha value is -0.190. The summed E-state index contributed by atoms with van der Waals surface area (Å²) >= 11 is 3.38. The molecule has 0 fully saturated rings. The summed E-state index contributed by atoms with van der Waals surface area (Å²) < 4.78 is 29.6. The van der Waals surface area contributed by atoms with Crippen LogP contribution in [0.1, 0.15) is 6.92 Å². The van der Waals surface area contributed by atoms with E-state index in [9.17, 15) is 4.57 Å². The summed E-state index contributed by atoms with van der Waals surface area (Å²) in [6.07, 6.45) is -0.166. The number of hydrogen-bond donors (Lipinski definition) is 0. The summed E-state index contributed by atoms with van der Waals surface area (Å²) in [5, 5.41) is 1.33. The van der Waals surface area contributed by atoms with Crippen molar-refractivity contribution in [1.29, 1.82) is 0 Å². The average molecular weight is 365 g/mol. The van der Waals surface area contributed by atoms with Gasteiger partial charge in [-0.05, 0) is 19.1 Å². The molecule has 4 nitrogen and oxygen atoms in total. The zero-order valence-corrected chi connectivity index (χ0v) is 14.6. The first kappa shape index (κ1) is 17.9. The summed E-state index contributed by atoms with van der Waals surface area (Å²) in [7, 11) is 0.265. The largest absolute Gasteiger partial charge is 0.378 e. The molecular formula is C14H22BrO4P. The molecule has 1 aromatic rings. The fraction of sp³-hybridized carbons (Fsp3) is 0.571. The van der Waals surface area contributed by atoms with Crippen LogP contribution in [0.3, 0.4) is 0 Å². The molecule has 0 saturated carbocycles. The second kappa shape index (κ2) is 8.96. The Balaban J connectivity index is 2.99. The SMILES string of the molecule is CCOP(=O)(C[C@@H](OC)[C@@H](CBr)OC)c1ccccc1. The molecule has 1 aromatic carbocycles. The monoisotopic (exact) mass is 364 g/mol. The predicted molar refractivity (Wildman–Crippen MR) is 85.6 cm³/mol. The van der Waals surface area contributed by atoms with Gasteiger partial charge in [-0.3, -0.25) is 4.57 Å². The van der Waals surface area contributed by atoms with Gasteiger partial charge in [0.1, 0.15) is 0 Å². The van der Waals surface area contributed by atoms with Crippen LogP contribution in [0.2, 0.25) is 0 Å². The number of methoxy groups -OCH3 is 2. The van der Waals surface area contributed by atoms with Gasteiger partial charge in [0.15, 0.2) is 0 Å². The molecule has 0 N–H and O–H groups in total. The number of ether oxygens (including phenoxy) is 2. The Morgan fingerprint density at radius 2 is 1.75 bits per heavy atom. The van der Waals surface area contributed by atoms with Crippen LogP contribution < -0.4 is 5.30 Å². The van der Waals surface area contributed by atoms with Gasteiger partial charge in [0.2, 0.25) is 7.37 Å². The van der Waals surface area contributed by atoms with Crippen molar-refractivity contribution in [3.05, 3.63) is 30.3 Å². The summed E-state index contributed by atoms with van der Waals surface area (Å²) in [5.74, 6) is 0. The van der Waals surface area contributed by atoms with Crippen molar-refractivity contribution >= 4 is 28.6 Å². The van der Waals surface area contributed by atoms with Gasteiger partial charge in [-0.15, -0.1) is 0 Å². The third-order valence-electron chi connectivity index (χ3n) is 3.08. The highest BCUT2D eigenvalue weighted by molar-refractivity contribution is 9.09. The first-order valence-electron chi connectivity index (χ1n) is 6.52. The van der Waals surface area contributed by atoms with Gasteiger partial charge in [-0.2, -0.15) is 0 Å². The lowest BCUT2D eigenvalue weighted by Gasteiger charge is -2.27. The Kier molecular flexibility index (Phi) is 8.00. The first-order chi connectivity index (χ1) is 9.61. The quantitative estimate of drug-likeness (QED) is 0.499. The fourth-order valence-corrected chi connectivity index (χ4v) is 5.04. The normalized spacial score (nSPS) is 17.4. The van der Waals surface area contributed by atoms with E-state index in [0.29, 0.717) is 23.4 Å². The van der Waals surface area contributed by atoms with Crippen LogP contribution >= 0.6 is 23.3 Å². The van der Waals surface area contributed by atoms with Crippen LogP contribution in [0.25, 0.3) is 0 Å². The molecule has 20 heavy (non-hydrogen) atoms. The number of rotatable bonds is 9. The number of halogens is 1.